The molecule has 3 heteroatoms. The van der Waals surface area contributed by atoms with Gasteiger partial charge in [0.2, 0.25) is 0 Å². The molecule has 0 spiro atoms. The highest BCUT2D eigenvalue weighted by molar-refractivity contribution is 5.95. The molecule has 0 amide bonds. The van der Waals surface area contributed by atoms with Crippen LogP contribution in [0.15, 0.2) is 11.4 Å². The number of ketones is 2. The second kappa shape index (κ2) is 4.52. The van der Waals surface area contributed by atoms with E-state index < -0.39 is 5.83 Å². The molecule has 0 saturated heterocycles. The van der Waals surface area contributed by atoms with Crippen LogP contribution in [0, 0.1) is 28.6 Å². The SMILES string of the molecule is C[C@]12CCC(=O)C(F)=C1CC[C@@H]1C2CC[C@]2(C)C(=O)CC[C@@H]12. The van der Waals surface area contributed by atoms with Crippen LogP contribution in [-0.2, 0) is 9.59 Å². The summed E-state index contributed by atoms with van der Waals surface area (Å²) in [4.78, 5) is 24.1. The zero-order chi connectivity index (χ0) is 15.7. The van der Waals surface area contributed by atoms with Crippen molar-refractivity contribution in [1.82, 2.24) is 0 Å². The zero-order valence-electron chi connectivity index (χ0n) is 13.6. The van der Waals surface area contributed by atoms with Crippen molar-refractivity contribution in [2.45, 2.75) is 65.2 Å². The van der Waals surface area contributed by atoms with Gasteiger partial charge in [0.05, 0.1) is 0 Å². The summed E-state index contributed by atoms with van der Waals surface area (Å²) in [6.07, 6.45) is 6.56. The molecule has 2 nitrogen and oxygen atoms in total. The number of Topliss-reactive ketones (excluding diaryl/α,β-unsaturated/α-hetero) is 2. The largest absolute Gasteiger partial charge is 0.299 e. The summed E-state index contributed by atoms with van der Waals surface area (Å²) >= 11 is 0. The maximum absolute atomic E-state index is 14.4. The Morgan fingerprint density at radius 2 is 1.64 bits per heavy atom. The van der Waals surface area contributed by atoms with Crippen molar-refractivity contribution in [2.24, 2.45) is 28.6 Å². The van der Waals surface area contributed by atoms with E-state index >= 15 is 0 Å². The number of halogens is 1. The van der Waals surface area contributed by atoms with E-state index in [1.165, 1.54) is 0 Å². The summed E-state index contributed by atoms with van der Waals surface area (Å²) in [7, 11) is 0. The Hall–Kier alpha value is -0.990. The fraction of sp³-hybridized carbons (Fsp3) is 0.789. The van der Waals surface area contributed by atoms with Gasteiger partial charge in [0.25, 0.3) is 0 Å². The van der Waals surface area contributed by atoms with Crippen LogP contribution in [0.25, 0.3) is 0 Å². The maximum atomic E-state index is 14.4. The van der Waals surface area contributed by atoms with Crippen molar-refractivity contribution in [3.63, 3.8) is 0 Å². The predicted molar refractivity (Wildman–Crippen MR) is 81.8 cm³/mol. The maximum Gasteiger partial charge on any atom is 0.191 e. The molecule has 0 bridgehead atoms. The highest BCUT2D eigenvalue weighted by Crippen LogP contribution is 2.64. The molecular formula is C19H25FO2. The van der Waals surface area contributed by atoms with Crippen molar-refractivity contribution in [3.8, 4) is 0 Å². The van der Waals surface area contributed by atoms with Gasteiger partial charge in [-0.3, -0.25) is 9.59 Å². The van der Waals surface area contributed by atoms with Crippen molar-refractivity contribution in [2.75, 3.05) is 0 Å². The van der Waals surface area contributed by atoms with Crippen molar-refractivity contribution < 1.29 is 14.0 Å². The Morgan fingerprint density at radius 1 is 0.909 bits per heavy atom. The van der Waals surface area contributed by atoms with Gasteiger partial charge in [-0.1, -0.05) is 13.8 Å². The standard InChI is InChI=1S/C19H25FO2/c1-18-10-8-15(21)17(20)14(18)4-3-11-12-5-6-16(22)19(12,2)9-7-13(11)18/h11-13H,3-10H2,1-2H3/t11-,12-,13?,18+,19-/m0/s1. The quantitative estimate of drug-likeness (QED) is 0.665. The van der Waals surface area contributed by atoms with Gasteiger partial charge in [-0.15, -0.1) is 0 Å². The molecule has 120 valence electrons. The third-order valence-electron chi connectivity index (χ3n) is 7.76. The van der Waals surface area contributed by atoms with E-state index in [-0.39, 0.29) is 16.6 Å². The molecule has 1 unspecified atom stereocenters. The molecule has 0 N–H and O–H groups in total. The highest BCUT2D eigenvalue weighted by atomic mass is 19.1. The summed E-state index contributed by atoms with van der Waals surface area (Å²) < 4.78 is 14.4. The molecule has 0 aromatic rings. The van der Waals surface area contributed by atoms with Crippen LogP contribution < -0.4 is 0 Å². The Kier molecular flexibility index (Phi) is 3.00. The minimum absolute atomic E-state index is 0.123. The van der Waals surface area contributed by atoms with Crippen LogP contribution in [0.4, 0.5) is 4.39 Å². The van der Waals surface area contributed by atoms with Gasteiger partial charge in [-0.25, -0.2) is 4.39 Å². The molecule has 0 radical (unpaired) electrons. The van der Waals surface area contributed by atoms with Gasteiger partial charge in [0, 0.05) is 18.3 Å². The number of rotatable bonds is 0. The van der Waals surface area contributed by atoms with Crippen molar-refractivity contribution in [3.05, 3.63) is 11.4 Å². The number of carbonyl (C=O) groups is 2. The van der Waals surface area contributed by atoms with Gasteiger partial charge in [0.1, 0.15) is 5.78 Å². The molecular weight excluding hydrogens is 279 g/mol. The first-order valence-corrected chi connectivity index (χ1v) is 8.83. The normalized spacial score (nSPS) is 48.0. The lowest BCUT2D eigenvalue weighted by Gasteiger charge is -2.56. The minimum atomic E-state index is -0.428. The topological polar surface area (TPSA) is 34.1 Å². The average molecular weight is 304 g/mol. The van der Waals surface area contributed by atoms with Crippen LogP contribution in [0.2, 0.25) is 0 Å². The van der Waals surface area contributed by atoms with Crippen molar-refractivity contribution >= 4 is 11.6 Å². The first-order valence-electron chi connectivity index (χ1n) is 8.83. The Balaban J connectivity index is 1.73. The second-order valence-electron chi connectivity index (χ2n) is 8.47. The average Bonchev–Trinajstić information content (AvgIpc) is 2.79. The van der Waals surface area contributed by atoms with Crippen molar-refractivity contribution in [1.29, 1.82) is 0 Å². The van der Waals surface area contributed by atoms with E-state index in [0.29, 0.717) is 30.0 Å². The minimum Gasteiger partial charge on any atom is -0.299 e. The van der Waals surface area contributed by atoms with E-state index in [9.17, 15) is 14.0 Å². The number of carbonyl (C=O) groups excluding carboxylic acids is 2. The summed E-state index contributed by atoms with van der Waals surface area (Å²) in [6, 6.07) is 0. The summed E-state index contributed by atoms with van der Waals surface area (Å²) in [5, 5.41) is 0. The lowest BCUT2D eigenvalue weighted by atomic mass is 9.47. The fourth-order valence-corrected chi connectivity index (χ4v) is 6.42. The van der Waals surface area contributed by atoms with Crippen LogP contribution in [0.3, 0.4) is 0 Å². The lowest BCUT2D eigenvalue weighted by Crippen LogP contribution is -2.51. The van der Waals surface area contributed by atoms with Crippen LogP contribution in [0.5, 0.6) is 0 Å². The molecule has 3 fully saturated rings. The number of fused-ring (bicyclic) bond motifs is 5. The lowest BCUT2D eigenvalue weighted by molar-refractivity contribution is -0.132. The van der Waals surface area contributed by atoms with Gasteiger partial charge in [-0.05, 0) is 67.3 Å². The molecule has 5 atom stereocenters. The number of hydrogen-bond acceptors (Lipinski definition) is 2. The molecule has 0 aromatic heterocycles. The third kappa shape index (κ3) is 1.66. The molecule has 22 heavy (non-hydrogen) atoms. The third-order valence-corrected chi connectivity index (χ3v) is 7.76. The van der Waals surface area contributed by atoms with E-state index in [1.54, 1.807) is 0 Å². The molecule has 0 aliphatic heterocycles. The molecule has 4 rings (SSSR count). The number of allylic oxidation sites excluding steroid dienone is 1. The predicted octanol–water partition coefficient (Wildman–Crippen LogP) is 4.38. The molecule has 3 saturated carbocycles. The molecule has 0 heterocycles. The monoisotopic (exact) mass is 304 g/mol. The van der Waals surface area contributed by atoms with Gasteiger partial charge < -0.3 is 0 Å². The van der Waals surface area contributed by atoms with Crippen LogP contribution in [0.1, 0.15) is 65.2 Å². The van der Waals surface area contributed by atoms with Crippen LogP contribution in [-0.4, -0.2) is 11.6 Å². The van der Waals surface area contributed by atoms with Crippen LogP contribution >= 0.6 is 0 Å². The first kappa shape index (κ1) is 14.6. The highest BCUT2D eigenvalue weighted by Gasteiger charge is 2.59. The number of hydrogen-bond donors (Lipinski definition) is 0. The van der Waals surface area contributed by atoms with E-state index in [0.717, 1.165) is 50.5 Å². The molecule has 4 aliphatic rings. The molecule has 0 aromatic carbocycles. The Morgan fingerprint density at radius 3 is 2.41 bits per heavy atom. The first-order chi connectivity index (χ1) is 10.4. The summed E-state index contributed by atoms with van der Waals surface area (Å²) in [5.41, 5.74) is 0.535. The van der Waals surface area contributed by atoms with E-state index in [1.807, 2.05) is 0 Å². The molecule has 4 aliphatic carbocycles. The summed E-state index contributed by atoms with van der Waals surface area (Å²) in [5.74, 6) is 1.22. The second-order valence-corrected chi connectivity index (χ2v) is 8.47. The van der Waals surface area contributed by atoms with E-state index in [4.69, 9.17) is 0 Å². The van der Waals surface area contributed by atoms with Gasteiger partial charge >= 0.3 is 0 Å². The summed E-state index contributed by atoms with van der Waals surface area (Å²) in [6.45, 7) is 4.35. The fourth-order valence-electron chi connectivity index (χ4n) is 6.42. The van der Waals surface area contributed by atoms with Gasteiger partial charge in [-0.2, -0.15) is 0 Å². The van der Waals surface area contributed by atoms with Gasteiger partial charge in [0.15, 0.2) is 11.6 Å². The zero-order valence-corrected chi connectivity index (χ0v) is 13.6. The Bertz CT molecular complexity index is 592. The van der Waals surface area contributed by atoms with E-state index in [2.05, 4.69) is 13.8 Å². The smallest absolute Gasteiger partial charge is 0.191 e. The Labute approximate surface area is 131 Å².